The van der Waals surface area contributed by atoms with Crippen molar-refractivity contribution in [2.45, 2.75) is 12.8 Å². The first-order valence-corrected chi connectivity index (χ1v) is 9.21. The number of ether oxygens (including phenoxy) is 1. The van der Waals surface area contributed by atoms with E-state index in [0.717, 1.165) is 12.8 Å². The van der Waals surface area contributed by atoms with Crippen LogP contribution in [0.15, 0.2) is 42.6 Å². The SMILES string of the molecule is O=C(Nc1cccc(NC(=O)C2CC2)c1)c1cccnc1N1CCOCC1. The average Bonchev–Trinajstić information content (AvgIpc) is 3.54. The van der Waals surface area contributed by atoms with Gasteiger partial charge in [0.2, 0.25) is 5.91 Å². The number of carbonyl (C=O) groups is 2. The van der Waals surface area contributed by atoms with Gasteiger partial charge in [0.1, 0.15) is 5.82 Å². The van der Waals surface area contributed by atoms with Crippen molar-refractivity contribution in [3.05, 3.63) is 48.2 Å². The number of anilines is 3. The molecule has 4 rings (SSSR count). The Labute approximate surface area is 157 Å². The number of benzene rings is 1. The molecule has 0 spiro atoms. The molecule has 1 aromatic heterocycles. The predicted octanol–water partition coefficient (Wildman–Crippen LogP) is 2.52. The van der Waals surface area contributed by atoms with E-state index in [1.54, 1.807) is 30.5 Å². The first kappa shape index (κ1) is 17.5. The van der Waals surface area contributed by atoms with Crippen LogP contribution in [-0.2, 0) is 9.53 Å². The van der Waals surface area contributed by atoms with E-state index in [-0.39, 0.29) is 17.7 Å². The van der Waals surface area contributed by atoms with Gasteiger partial charge in [-0.15, -0.1) is 0 Å². The fourth-order valence-electron chi connectivity index (χ4n) is 3.06. The maximum atomic E-state index is 12.8. The van der Waals surface area contributed by atoms with E-state index in [9.17, 15) is 9.59 Å². The number of hydrogen-bond donors (Lipinski definition) is 2. The predicted molar refractivity (Wildman–Crippen MR) is 103 cm³/mol. The summed E-state index contributed by atoms with van der Waals surface area (Å²) < 4.78 is 5.38. The van der Waals surface area contributed by atoms with Crippen LogP contribution in [0.3, 0.4) is 0 Å². The Hall–Kier alpha value is -2.93. The molecule has 1 saturated heterocycles. The minimum absolute atomic E-state index is 0.0420. The van der Waals surface area contributed by atoms with Crippen LogP contribution in [0.4, 0.5) is 17.2 Å². The second kappa shape index (κ2) is 7.75. The lowest BCUT2D eigenvalue weighted by atomic mass is 10.2. The van der Waals surface area contributed by atoms with Crippen LogP contribution < -0.4 is 15.5 Å². The number of rotatable bonds is 5. The number of nitrogens with one attached hydrogen (secondary N) is 2. The summed E-state index contributed by atoms with van der Waals surface area (Å²) in [5.74, 6) is 0.613. The van der Waals surface area contributed by atoms with Crippen LogP contribution >= 0.6 is 0 Å². The summed E-state index contributed by atoms with van der Waals surface area (Å²) >= 11 is 0. The monoisotopic (exact) mass is 366 g/mol. The Morgan fingerprint density at radius 1 is 1.04 bits per heavy atom. The van der Waals surface area contributed by atoms with Crippen molar-refractivity contribution in [3.8, 4) is 0 Å². The van der Waals surface area contributed by atoms with Crippen LogP contribution in [-0.4, -0.2) is 43.1 Å². The molecular formula is C20H22N4O3. The van der Waals surface area contributed by atoms with Crippen LogP contribution in [0.5, 0.6) is 0 Å². The molecule has 1 aliphatic carbocycles. The summed E-state index contributed by atoms with van der Waals surface area (Å²) in [5.41, 5.74) is 1.83. The molecule has 2 N–H and O–H groups in total. The van der Waals surface area contributed by atoms with Gasteiger partial charge in [0, 0.05) is 36.6 Å². The van der Waals surface area contributed by atoms with E-state index >= 15 is 0 Å². The van der Waals surface area contributed by atoms with E-state index in [1.165, 1.54) is 0 Å². The zero-order valence-corrected chi connectivity index (χ0v) is 15.0. The van der Waals surface area contributed by atoms with Gasteiger partial charge in [-0.05, 0) is 43.2 Å². The molecule has 140 valence electrons. The van der Waals surface area contributed by atoms with E-state index in [0.29, 0.717) is 49.1 Å². The normalized spacial score (nSPS) is 16.7. The van der Waals surface area contributed by atoms with Gasteiger partial charge in [0.15, 0.2) is 0 Å². The van der Waals surface area contributed by atoms with Crippen molar-refractivity contribution in [2.24, 2.45) is 5.92 Å². The van der Waals surface area contributed by atoms with E-state index in [4.69, 9.17) is 4.74 Å². The lowest BCUT2D eigenvalue weighted by Gasteiger charge is -2.29. The molecule has 2 fully saturated rings. The largest absolute Gasteiger partial charge is 0.378 e. The fourth-order valence-corrected chi connectivity index (χ4v) is 3.06. The molecule has 2 aromatic rings. The molecular weight excluding hydrogens is 344 g/mol. The summed E-state index contributed by atoms with van der Waals surface area (Å²) in [6, 6.07) is 10.7. The molecule has 0 radical (unpaired) electrons. The summed E-state index contributed by atoms with van der Waals surface area (Å²) in [4.78, 5) is 31.2. The van der Waals surface area contributed by atoms with Crippen molar-refractivity contribution >= 4 is 29.0 Å². The Bertz CT molecular complexity index is 845. The third kappa shape index (κ3) is 4.25. The van der Waals surface area contributed by atoms with Gasteiger partial charge in [-0.2, -0.15) is 0 Å². The molecule has 1 aromatic carbocycles. The highest BCUT2D eigenvalue weighted by Gasteiger charge is 2.29. The quantitative estimate of drug-likeness (QED) is 0.850. The van der Waals surface area contributed by atoms with Crippen molar-refractivity contribution in [1.82, 2.24) is 4.98 Å². The topological polar surface area (TPSA) is 83.6 Å². The highest BCUT2D eigenvalue weighted by molar-refractivity contribution is 6.08. The van der Waals surface area contributed by atoms with Crippen molar-refractivity contribution in [3.63, 3.8) is 0 Å². The third-order valence-corrected chi connectivity index (χ3v) is 4.68. The van der Waals surface area contributed by atoms with Gasteiger partial charge in [-0.1, -0.05) is 6.07 Å². The number of aromatic nitrogens is 1. The van der Waals surface area contributed by atoms with Gasteiger partial charge in [-0.3, -0.25) is 9.59 Å². The number of hydrogen-bond acceptors (Lipinski definition) is 5. The molecule has 1 aliphatic heterocycles. The van der Waals surface area contributed by atoms with Crippen LogP contribution in [0.2, 0.25) is 0 Å². The van der Waals surface area contributed by atoms with Gasteiger partial charge in [0.25, 0.3) is 5.91 Å². The lowest BCUT2D eigenvalue weighted by molar-refractivity contribution is -0.117. The van der Waals surface area contributed by atoms with Crippen LogP contribution in [0.1, 0.15) is 23.2 Å². The smallest absolute Gasteiger partial charge is 0.259 e. The highest BCUT2D eigenvalue weighted by atomic mass is 16.5. The minimum Gasteiger partial charge on any atom is -0.378 e. The van der Waals surface area contributed by atoms with Crippen molar-refractivity contribution in [1.29, 1.82) is 0 Å². The van der Waals surface area contributed by atoms with Gasteiger partial charge < -0.3 is 20.3 Å². The molecule has 1 saturated carbocycles. The molecule has 0 bridgehead atoms. The van der Waals surface area contributed by atoms with E-state index < -0.39 is 0 Å². The molecule has 2 heterocycles. The first-order chi connectivity index (χ1) is 13.2. The zero-order valence-electron chi connectivity index (χ0n) is 15.0. The number of nitrogens with zero attached hydrogens (tertiary/aromatic N) is 2. The number of morpholine rings is 1. The lowest BCUT2D eigenvalue weighted by Crippen LogP contribution is -2.38. The molecule has 2 aliphatic rings. The number of amides is 2. The maximum Gasteiger partial charge on any atom is 0.259 e. The number of pyridine rings is 1. The molecule has 7 heteroatoms. The molecule has 2 amide bonds. The summed E-state index contributed by atoms with van der Waals surface area (Å²) in [6.45, 7) is 2.67. The summed E-state index contributed by atoms with van der Waals surface area (Å²) in [6.07, 6.45) is 3.59. The molecule has 7 nitrogen and oxygen atoms in total. The Morgan fingerprint density at radius 3 is 2.52 bits per heavy atom. The highest BCUT2D eigenvalue weighted by Crippen LogP contribution is 2.30. The summed E-state index contributed by atoms with van der Waals surface area (Å²) in [5, 5.41) is 5.80. The second-order valence-corrected chi connectivity index (χ2v) is 6.77. The fraction of sp³-hybridized carbons (Fsp3) is 0.350. The number of carbonyl (C=O) groups excluding carboxylic acids is 2. The standard InChI is InChI=1S/C20H22N4O3/c25-19(14-6-7-14)22-15-3-1-4-16(13-15)23-20(26)17-5-2-8-21-18(17)24-9-11-27-12-10-24/h1-5,8,13-14H,6-7,9-12H2,(H,22,25)(H,23,26). The first-order valence-electron chi connectivity index (χ1n) is 9.21. The maximum absolute atomic E-state index is 12.8. The van der Waals surface area contributed by atoms with E-state index in [2.05, 4.69) is 20.5 Å². The van der Waals surface area contributed by atoms with Crippen molar-refractivity contribution in [2.75, 3.05) is 41.8 Å². The van der Waals surface area contributed by atoms with Gasteiger partial charge in [-0.25, -0.2) is 4.98 Å². The van der Waals surface area contributed by atoms with Crippen molar-refractivity contribution < 1.29 is 14.3 Å². The molecule has 0 atom stereocenters. The van der Waals surface area contributed by atoms with E-state index in [1.807, 2.05) is 12.1 Å². The van der Waals surface area contributed by atoms with Gasteiger partial charge >= 0.3 is 0 Å². The van der Waals surface area contributed by atoms with Crippen LogP contribution in [0, 0.1) is 5.92 Å². The Morgan fingerprint density at radius 2 is 1.78 bits per heavy atom. The molecule has 0 unspecified atom stereocenters. The second-order valence-electron chi connectivity index (χ2n) is 6.77. The Kier molecular flexibility index (Phi) is 5.02. The third-order valence-electron chi connectivity index (χ3n) is 4.68. The minimum atomic E-state index is -0.227. The zero-order chi connectivity index (χ0) is 18.6. The van der Waals surface area contributed by atoms with Gasteiger partial charge in [0.05, 0.1) is 18.8 Å². The van der Waals surface area contributed by atoms with Crippen LogP contribution in [0.25, 0.3) is 0 Å². The summed E-state index contributed by atoms with van der Waals surface area (Å²) in [7, 11) is 0. The molecule has 27 heavy (non-hydrogen) atoms. The average molecular weight is 366 g/mol. The Balaban J connectivity index is 1.48.